The molecule has 1 heterocycles. The van der Waals surface area contributed by atoms with Gasteiger partial charge >= 0.3 is 5.97 Å². The van der Waals surface area contributed by atoms with Crippen LogP contribution in [0.4, 0.5) is 0 Å². The summed E-state index contributed by atoms with van der Waals surface area (Å²) in [7, 11) is 0. The third-order valence-corrected chi connectivity index (χ3v) is 6.75. The predicted octanol–water partition coefficient (Wildman–Crippen LogP) is 7.82. The Hall–Kier alpha value is -1.71. The lowest BCUT2D eigenvalue weighted by Gasteiger charge is -2.36. The zero-order valence-corrected chi connectivity index (χ0v) is 21.0. The number of fused-ring (bicyclic) bond motifs is 1. The maximum absolute atomic E-state index is 10.5. The van der Waals surface area contributed by atoms with Crippen LogP contribution in [0.5, 0.6) is 11.5 Å². The normalized spacial score (nSPS) is 18.8. The zero-order valence-electron chi connectivity index (χ0n) is 21.0. The van der Waals surface area contributed by atoms with Crippen molar-refractivity contribution >= 4 is 5.97 Å². The molecule has 0 saturated carbocycles. The van der Waals surface area contributed by atoms with Crippen molar-refractivity contribution in [2.24, 2.45) is 11.8 Å². The molecule has 4 heteroatoms. The molecule has 4 nitrogen and oxygen atoms in total. The first-order valence-corrected chi connectivity index (χ1v) is 12.9. The van der Waals surface area contributed by atoms with E-state index >= 15 is 0 Å². The predicted molar refractivity (Wildman–Crippen MR) is 132 cm³/mol. The van der Waals surface area contributed by atoms with E-state index in [-0.39, 0.29) is 12.0 Å². The minimum atomic E-state index is -0.708. The van der Waals surface area contributed by atoms with Crippen molar-refractivity contribution in [1.29, 1.82) is 0 Å². The fourth-order valence-corrected chi connectivity index (χ4v) is 4.60. The van der Waals surface area contributed by atoms with Gasteiger partial charge in [-0.3, -0.25) is 4.79 Å². The third kappa shape index (κ3) is 10.3. The van der Waals surface area contributed by atoms with Crippen LogP contribution in [0, 0.1) is 11.8 Å². The monoisotopic (exact) mass is 446 g/mol. The summed E-state index contributed by atoms with van der Waals surface area (Å²) in [6.45, 7) is 9.98. The van der Waals surface area contributed by atoms with Gasteiger partial charge in [0.15, 0.2) is 0 Å². The highest BCUT2D eigenvalue weighted by Gasteiger charge is 2.31. The molecular weight excluding hydrogens is 400 g/mol. The van der Waals surface area contributed by atoms with Crippen LogP contribution in [-0.2, 0) is 11.2 Å². The van der Waals surface area contributed by atoms with Crippen molar-refractivity contribution < 1.29 is 19.4 Å². The molecule has 1 N–H and O–H groups in total. The summed E-state index contributed by atoms with van der Waals surface area (Å²) in [6, 6.07) is 6.23. The van der Waals surface area contributed by atoms with E-state index in [1.54, 1.807) is 0 Å². The lowest BCUT2D eigenvalue weighted by atomic mass is 9.86. The second kappa shape index (κ2) is 13.7. The maximum Gasteiger partial charge on any atom is 0.303 e. The summed E-state index contributed by atoms with van der Waals surface area (Å²) in [5.74, 6) is 2.85. The lowest BCUT2D eigenvalue weighted by Crippen LogP contribution is -2.36. The van der Waals surface area contributed by atoms with Gasteiger partial charge in [-0.2, -0.15) is 0 Å². The Bertz CT molecular complexity index is 684. The van der Waals surface area contributed by atoms with Crippen molar-refractivity contribution in [3.05, 3.63) is 23.8 Å². The molecule has 1 aromatic carbocycles. The van der Waals surface area contributed by atoms with E-state index in [0.29, 0.717) is 6.61 Å². The smallest absolute Gasteiger partial charge is 0.303 e. The van der Waals surface area contributed by atoms with Gasteiger partial charge in [0.25, 0.3) is 0 Å². The van der Waals surface area contributed by atoms with E-state index in [9.17, 15) is 4.79 Å². The van der Waals surface area contributed by atoms with Crippen LogP contribution in [0.15, 0.2) is 18.2 Å². The van der Waals surface area contributed by atoms with Gasteiger partial charge < -0.3 is 14.6 Å². The van der Waals surface area contributed by atoms with Crippen molar-refractivity contribution in [2.75, 3.05) is 6.61 Å². The van der Waals surface area contributed by atoms with E-state index in [0.717, 1.165) is 68.3 Å². The molecular formula is C28H46O4. The topological polar surface area (TPSA) is 55.8 Å². The Kier molecular flexibility index (Phi) is 11.4. The van der Waals surface area contributed by atoms with Crippen molar-refractivity contribution in [2.45, 2.75) is 117 Å². The van der Waals surface area contributed by atoms with Gasteiger partial charge in [0, 0.05) is 6.42 Å². The molecule has 0 aromatic heterocycles. The number of carboxylic acids is 1. The Morgan fingerprint density at radius 1 is 1.06 bits per heavy atom. The van der Waals surface area contributed by atoms with Gasteiger partial charge in [0.1, 0.15) is 17.1 Å². The van der Waals surface area contributed by atoms with Crippen LogP contribution in [0.25, 0.3) is 0 Å². The van der Waals surface area contributed by atoms with Gasteiger partial charge in [-0.1, -0.05) is 59.3 Å². The van der Waals surface area contributed by atoms with Crippen LogP contribution < -0.4 is 9.47 Å². The van der Waals surface area contributed by atoms with E-state index in [1.807, 2.05) is 6.07 Å². The van der Waals surface area contributed by atoms with E-state index < -0.39 is 5.97 Å². The summed E-state index contributed by atoms with van der Waals surface area (Å²) in [5, 5.41) is 8.67. The number of carboxylic acid groups (broad SMARTS) is 1. The van der Waals surface area contributed by atoms with Crippen molar-refractivity contribution in [3.63, 3.8) is 0 Å². The van der Waals surface area contributed by atoms with Gasteiger partial charge in [-0.25, -0.2) is 0 Å². The standard InChI is InChI=1S/C28H46O4/c1-22(2)11-9-12-23(3)13-10-18-28(4)19-17-24-21-25(15-16-26(24)32-28)31-20-8-6-5-7-14-27(29)30/h15-16,21-23H,5-14,17-20H2,1-4H3,(H,29,30). The zero-order chi connectivity index (χ0) is 23.4. The summed E-state index contributed by atoms with van der Waals surface area (Å²) >= 11 is 0. The summed E-state index contributed by atoms with van der Waals surface area (Å²) in [5.41, 5.74) is 1.20. The molecule has 0 radical (unpaired) electrons. The molecule has 2 rings (SSSR count). The fraction of sp³-hybridized carbons (Fsp3) is 0.750. The van der Waals surface area contributed by atoms with E-state index in [1.165, 1.54) is 37.7 Å². The molecule has 0 saturated heterocycles. The highest BCUT2D eigenvalue weighted by atomic mass is 16.5. The Labute approximate surface area is 196 Å². The first-order chi connectivity index (χ1) is 15.3. The van der Waals surface area contributed by atoms with Crippen LogP contribution in [-0.4, -0.2) is 23.3 Å². The van der Waals surface area contributed by atoms with Gasteiger partial charge in [-0.05, 0) is 81.0 Å². The second-order valence-electron chi connectivity index (χ2n) is 10.6. The first-order valence-electron chi connectivity index (χ1n) is 12.9. The molecule has 0 aliphatic carbocycles. The molecule has 1 aliphatic heterocycles. The number of rotatable bonds is 16. The SMILES string of the molecule is CC(C)CCCC(C)CCCC1(C)CCc2cc(OCCCCCCC(=O)O)ccc2O1. The number of aliphatic carboxylic acids is 1. The first kappa shape index (κ1) is 26.5. The van der Waals surface area contributed by atoms with E-state index in [4.69, 9.17) is 14.6 Å². The van der Waals surface area contributed by atoms with Gasteiger partial charge in [0.05, 0.1) is 6.61 Å². The number of carbonyl (C=O) groups is 1. The fourth-order valence-electron chi connectivity index (χ4n) is 4.60. The minimum Gasteiger partial charge on any atom is -0.494 e. The van der Waals surface area contributed by atoms with Crippen LogP contribution >= 0.6 is 0 Å². The number of aryl methyl sites for hydroxylation is 1. The number of benzene rings is 1. The van der Waals surface area contributed by atoms with Crippen LogP contribution in [0.2, 0.25) is 0 Å². The quantitative estimate of drug-likeness (QED) is 0.263. The molecule has 0 spiro atoms. The van der Waals surface area contributed by atoms with Crippen LogP contribution in [0.1, 0.15) is 110 Å². The molecule has 182 valence electrons. The number of hydrogen-bond donors (Lipinski definition) is 1. The Morgan fingerprint density at radius 3 is 2.56 bits per heavy atom. The Morgan fingerprint density at radius 2 is 1.81 bits per heavy atom. The minimum absolute atomic E-state index is 0.0526. The average molecular weight is 447 g/mol. The highest BCUT2D eigenvalue weighted by Crippen LogP contribution is 2.38. The third-order valence-electron chi connectivity index (χ3n) is 6.75. The van der Waals surface area contributed by atoms with Gasteiger partial charge in [-0.15, -0.1) is 0 Å². The molecule has 0 bridgehead atoms. The number of hydrogen-bond acceptors (Lipinski definition) is 3. The summed E-state index contributed by atoms with van der Waals surface area (Å²) in [6.07, 6.45) is 13.8. The molecule has 2 unspecified atom stereocenters. The van der Waals surface area contributed by atoms with Crippen LogP contribution in [0.3, 0.4) is 0 Å². The molecule has 1 aliphatic rings. The molecule has 2 atom stereocenters. The molecule has 32 heavy (non-hydrogen) atoms. The van der Waals surface area contributed by atoms with E-state index in [2.05, 4.69) is 39.8 Å². The van der Waals surface area contributed by atoms with Crippen molar-refractivity contribution in [3.8, 4) is 11.5 Å². The number of unbranched alkanes of at least 4 members (excludes halogenated alkanes) is 3. The second-order valence-corrected chi connectivity index (χ2v) is 10.6. The molecule has 0 amide bonds. The summed E-state index contributed by atoms with van der Waals surface area (Å²) in [4.78, 5) is 10.5. The lowest BCUT2D eigenvalue weighted by molar-refractivity contribution is -0.137. The maximum atomic E-state index is 10.5. The molecule has 1 aromatic rings. The largest absolute Gasteiger partial charge is 0.494 e. The number of ether oxygens (including phenoxy) is 2. The highest BCUT2D eigenvalue weighted by molar-refractivity contribution is 5.66. The van der Waals surface area contributed by atoms with Crippen molar-refractivity contribution in [1.82, 2.24) is 0 Å². The summed E-state index contributed by atoms with van der Waals surface area (Å²) < 4.78 is 12.4. The Balaban J connectivity index is 1.68. The van der Waals surface area contributed by atoms with Gasteiger partial charge in [0.2, 0.25) is 0 Å². The average Bonchev–Trinajstić information content (AvgIpc) is 2.72. The molecule has 0 fully saturated rings.